The Morgan fingerprint density at radius 1 is 1.22 bits per heavy atom. The summed E-state index contributed by atoms with van der Waals surface area (Å²) in [5, 5.41) is 10.4. The summed E-state index contributed by atoms with van der Waals surface area (Å²) in [5.41, 5.74) is 3.26. The zero-order valence-corrected chi connectivity index (χ0v) is 10.7. The number of aromatic amines is 1. The van der Waals surface area contributed by atoms with Crippen LogP contribution in [0, 0.1) is 0 Å². The van der Waals surface area contributed by atoms with Gasteiger partial charge in [0, 0.05) is 48.5 Å². The standard InChI is InChI=1S/C14H19N3O/c1-16-5-7-17(8-6-16)14-4-2-3-13-12(14)9-11(10-18)15-13/h2-4,9,15,18H,5-8,10H2,1H3. The molecule has 0 spiro atoms. The number of aliphatic hydroxyl groups excluding tert-OH is 1. The summed E-state index contributed by atoms with van der Waals surface area (Å²) in [6, 6.07) is 8.37. The Kier molecular flexibility index (Phi) is 2.97. The lowest BCUT2D eigenvalue weighted by Gasteiger charge is -2.34. The van der Waals surface area contributed by atoms with E-state index in [-0.39, 0.29) is 6.61 Å². The number of hydrogen-bond donors (Lipinski definition) is 2. The van der Waals surface area contributed by atoms with Crippen LogP contribution >= 0.6 is 0 Å². The van der Waals surface area contributed by atoms with Crippen molar-refractivity contribution in [3.63, 3.8) is 0 Å². The van der Waals surface area contributed by atoms with Crippen molar-refractivity contribution < 1.29 is 5.11 Å². The SMILES string of the molecule is CN1CCN(c2cccc3[nH]c(CO)cc23)CC1. The van der Waals surface area contributed by atoms with Gasteiger partial charge in [0.15, 0.2) is 0 Å². The van der Waals surface area contributed by atoms with Gasteiger partial charge in [-0.1, -0.05) is 6.07 Å². The smallest absolute Gasteiger partial charge is 0.0831 e. The molecule has 4 nitrogen and oxygen atoms in total. The van der Waals surface area contributed by atoms with E-state index >= 15 is 0 Å². The van der Waals surface area contributed by atoms with Crippen LogP contribution in [0.1, 0.15) is 5.69 Å². The molecule has 1 aromatic carbocycles. The summed E-state index contributed by atoms with van der Waals surface area (Å²) < 4.78 is 0. The molecule has 2 aromatic rings. The van der Waals surface area contributed by atoms with Gasteiger partial charge < -0.3 is 19.9 Å². The lowest BCUT2D eigenvalue weighted by molar-refractivity contribution is 0.278. The average molecular weight is 245 g/mol. The van der Waals surface area contributed by atoms with Gasteiger partial charge in [-0.25, -0.2) is 0 Å². The lowest BCUT2D eigenvalue weighted by atomic mass is 10.1. The molecule has 2 N–H and O–H groups in total. The van der Waals surface area contributed by atoms with Crippen molar-refractivity contribution in [2.75, 3.05) is 38.1 Å². The van der Waals surface area contributed by atoms with Crippen molar-refractivity contribution in [3.8, 4) is 0 Å². The first-order valence-electron chi connectivity index (χ1n) is 6.43. The minimum absolute atomic E-state index is 0.0663. The van der Waals surface area contributed by atoms with Crippen molar-refractivity contribution in [2.45, 2.75) is 6.61 Å². The van der Waals surface area contributed by atoms with Crippen molar-refractivity contribution in [2.24, 2.45) is 0 Å². The highest BCUT2D eigenvalue weighted by molar-refractivity contribution is 5.93. The van der Waals surface area contributed by atoms with Crippen molar-refractivity contribution in [1.82, 2.24) is 9.88 Å². The molecule has 0 saturated carbocycles. The lowest BCUT2D eigenvalue weighted by Crippen LogP contribution is -2.44. The van der Waals surface area contributed by atoms with Crippen LogP contribution in [0.25, 0.3) is 10.9 Å². The topological polar surface area (TPSA) is 42.5 Å². The molecule has 0 unspecified atom stereocenters. The zero-order valence-electron chi connectivity index (χ0n) is 10.7. The fraction of sp³-hybridized carbons (Fsp3) is 0.429. The number of nitrogens with one attached hydrogen (secondary N) is 1. The zero-order chi connectivity index (χ0) is 12.5. The predicted octanol–water partition coefficient (Wildman–Crippen LogP) is 1.41. The predicted molar refractivity (Wildman–Crippen MR) is 73.9 cm³/mol. The van der Waals surface area contributed by atoms with Gasteiger partial charge in [0.25, 0.3) is 0 Å². The van der Waals surface area contributed by atoms with E-state index in [0.29, 0.717) is 0 Å². The third kappa shape index (κ3) is 1.98. The van der Waals surface area contributed by atoms with Crippen LogP contribution < -0.4 is 4.90 Å². The second-order valence-electron chi connectivity index (χ2n) is 4.98. The normalized spacial score (nSPS) is 17.6. The van der Waals surface area contributed by atoms with Crippen LogP contribution in [0.2, 0.25) is 0 Å². The summed E-state index contributed by atoms with van der Waals surface area (Å²) >= 11 is 0. The maximum absolute atomic E-state index is 9.22. The Morgan fingerprint density at radius 3 is 2.72 bits per heavy atom. The van der Waals surface area contributed by atoms with E-state index in [1.807, 2.05) is 0 Å². The van der Waals surface area contributed by atoms with Crippen LogP contribution in [0.4, 0.5) is 5.69 Å². The third-order valence-corrected chi connectivity index (χ3v) is 3.71. The number of nitrogens with zero attached hydrogens (tertiary/aromatic N) is 2. The number of aliphatic hydroxyl groups is 1. The fourth-order valence-corrected chi connectivity index (χ4v) is 2.61. The molecule has 2 heterocycles. The van der Waals surface area contributed by atoms with E-state index in [4.69, 9.17) is 0 Å². The van der Waals surface area contributed by atoms with Crippen LogP contribution in [-0.4, -0.2) is 48.2 Å². The molecule has 1 saturated heterocycles. The number of rotatable bonds is 2. The molecule has 0 radical (unpaired) electrons. The van der Waals surface area contributed by atoms with Crippen molar-refractivity contribution in [3.05, 3.63) is 30.0 Å². The summed E-state index contributed by atoms with van der Waals surface area (Å²) in [6.07, 6.45) is 0. The minimum Gasteiger partial charge on any atom is -0.390 e. The molecule has 4 heteroatoms. The molecule has 1 aromatic heterocycles. The fourth-order valence-electron chi connectivity index (χ4n) is 2.61. The molecule has 0 bridgehead atoms. The van der Waals surface area contributed by atoms with Crippen LogP contribution in [0.5, 0.6) is 0 Å². The van der Waals surface area contributed by atoms with Gasteiger partial charge in [-0.2, -0.15) is 0 Å². The number of fused-ring (bicyclic) bond motifs is 1. The number of hydrogen-bond acceptors (Lipinski definition) is 3. The number of aromatic nitrogens is 1. The molecule has 0 amide bonds. The maximum Gasteiger partial charge on any atom is 0.0831 e. The van der Waals surface area contributed by atoms with Gasteiger partial charge in [0.2, 0.25) is 0 Å². The van der Waals surface area contributed by atoms with Gasteiger partial charge in [0.05, 0.1) is 6.61 Å². The minimum atomic E-state index is 0.0663. The monoisotopic (exact) mass is 245 g/mol. The summed E-state index contributed by atoms with van der Waals surface area (Å²) in [5.74, 6) is 0. The van der Waals surface area contributed by atoms with E-state index in [0.717, 1.165) is 37.4 Å². The Labute approximate surface area is 107 Å². The summed E-state index contributed by atoms with van der Waals surface area (Å²) in [6.45, 7) is 4.41. The number of piperazine rings is 1. The van der Waals surface area contributed by atoms with Gasteiger partial charge in [-0.15, -0.1) is 0 Å². The number of anilines is 1. The number of likely N-dealkylation sites (N-methyl/N-ethyl adjacent to an activating group) is 1. The van der Waals surface area contributed by atoms with E-state index in [2.05, 4.69) is 46.1 Å². The molecule has 96 valence electrons. The Morgan fingerprint density at radius 2 is 2.00 bits per heavy atom. The Bertz CT molecular complexity index is 541. The summed E-state index contributed by atoms with van der Waals surface area (Å²) in [7, 11) is 2.16. The first-order valence-corrected chi connectivity index (χ1v) is 6.43. The maximum atomic E-state index is 9.22. The molecule has 0 atom stereocenters. The van der Waals surface area contributed by atoms with Gasteiger partial charge in [-0.3, -0.25) is 0 Å². The molecule has 1 aliphatic heterocycles. The third-order valence-electron chi connectivity index (χ3n) is 3.71. The summed E-state index contributed by atoms with van der Waals surface area (Å²) in [4.78, 5) is 8.03. The van der Waals surface area contributed by atoms with Crippen molar-refractivity contribution in [1.29, 1.82) is 0 Å². The Hall–Kier alpha value is -1.52. The highest BCUT2D eigenvalue weighted by Crippen LogP contribution is 2.28. The molecule has 0 aliphatic carbocycles. The second kappa shape index (κ2) is 4.63. The van der Waals surface area contributed by atoms with Gasteiger partial charge in [0.1, 0.15) is 0 Å². The van der Waals surface area contributed by atoms with Crippen LogP contribution in [0.15, 0.2) is 24.3 Å². The van der Waals surface area contributed by atoms with Crippen LogP contribution in [-0.2, 0) is 6.61 Å². The highest BCUT2D eigenvalue weighted by Gasteiger charge is 2.16. The molecule has 1 aliphatic rings. The van der Waals surface area contributed by atoms with E-state index < -0.39 is 0 Å². The Balaban J connectivity index is 1.98. The van der Waals surface area contributed by atoms with E-state index in [1.165, 1.54) is 11.1 Å². The van der Waals surface area contributed by atoms with E-state index in [1.54, 1.807) is 0 Å². The largest absolute Gasteiger partial charge is 0.390 e. The van der Waals surface area contributed by atoms with Gasteiger partial charge >= 0.3 is 0 Å². The first-order chi connectivity index (χ1) is 8.78. The molecule has 3 rings (SSSR count). The second-order valence-corrected chi connectivity index (χ2v) is 4.98. The average Bonchev–Trinajstić information content (AvgIpc) is 2.82. The molecule has 1 fully saturated rings. The molecular formula is C14H19N3O. The quantitative estimate of drug-likeness (QED) is 0.840. The molecule has 18 heavy (non-hydrogen) atoms. The number of H-pyrrole nitrogens is 1. The van der Waals surface area contributed by atoms with E-state index in [9.17, 15) is 5.11 Å². The van der Waals surface area contributed by atoms with Crippen LogP contribution in [0.3, 0.4) is 0 Å². The van der Waals surface area contributed by atoms with Crippen molar-refractivity contribution >= 4 is 16.6 Å². The highest BCUT2D eigenvalue weighted by atomic mass is 16.3. The molecular weight excluding hydrogens is 226 g/mol. The number of benzene rings is 1. The first kappa shape index (κ1) is 11.6. The van der Waals surface area contributed by atoms with Gasteiger partial charge in [-0.05, 0) is 25.2 Å².